The van der Waals surface area contributed by atoms with Gasteiger partial charge in [0.25, 0.3) is 0 Å². The maximum atomic E-state index is 12.2. The molecule has 19 heavy (non-hydrogen) atoms. The summed E-state index contributed by atoms with van der Waals surface area (Å²) in [5.74, 6) is 0.601. The number of hydrogen-bond acceptors (Lipinski definition) is 2. The Labute approximate surface area is 118 Å². The first-order valence-electron chi connectivity index (χ1n) is 7.45. The average molecular weight is 270 g/mol. The van der Waals surface area contributed by atoms with Crippen LogP contribution >= 0.6 is 0 Å². The molecule has 112 valence electrons. The largest absolute Gasteiger partial charge is 0.341 e. The molecule has 0 atom stereocenters. The van der Waals surface area contributed by atoms with Crippen molar-refractivity contribution >= 4 is 11.8 Å². The molecular formula is C15H30N2O2. The summed E-state index contributed by atoms with van der Waals surface area (Å²) in [5, 5.41) is 0. The van der Waals surface area contributed by atoms with Gasteiger partial charge in [0.1, 0.15) is 0 Å². The molecule has 0 aliphatic carbocycles. The fraction of sp³-hybridized carbons (Fsp3) is 0.867. The highest BCUT2D eigenvalue weighted by atomic mass is 16.2. The van der Waals surface area contributed by atoms with Crippen molar-refractivity contribution in [3.8, 4) is 0 Å². The Bertz CT molecular complexity index is 271. The van der Waals surface area contributed by atoms with Crippen molar-refractivity contribution in [3.63, 3.8) is 0 Å². The summed E-state index contributed by atoms with van der Waals surface area (Å²) < 4.78 is 0. The van der Waals surface area contributed by atoms with Gasteiger partial charge in [-0.05, 0) is 25.2 Å². The monoisotopic (exact) mass is 270 g/mol. The molecule has 0 aliphatic heterocycles. The summed E-state index contributed by atoms with van der Waals surface area (Å²) >= 11 is 0. The Hall–Kier alpha value is -1.06. The minimum Gasteiger partial charge on any atom is -0.341 e. The van der Waals surface area contributed by atoms with E-state index in [0.29, 0.717) is 12.5 Å². The van der Waals surface area contributed by atoms with E-state index in [1.54, 1.807) is 4.90 Å². The predicted molar refractivity (Wildman–Crippen MR) is 78.9 cm³/mol. The molecule has 0 aliphatic rings. The summed E-state index contributed by atoms with van der Waals surface area (Å²) in [5.41, 5.74) is 0. The average Bonchev–Trinajstić information content (AvgIpc) is 2.33. The summed E-state index contributed by atoms with van der Waals surface area (Å²) in [7, 11) is 0. The smallest absolute Gasteiger partial charge is 0.242 e. The van der Waals surface area contributed by atoms with Crippen molar-refractivity contribution in [2.75, 3.05) is 26.2 Å². The molecule has 0 aromatic heterocycles. The molecule has 0 spiro atoms. The van der Waals surface area contributed by atoms with Crippen molar-refractivity contribution in [1.82, 2.24) is 9.80 Å². The zero-order chi connectivity index (χ0) is 14.8. The first-order chi connectivity index (χ1) is 8.92. The number of nitrogens with zero attached hydrogens (tertiary/aromatic N) is 2. The first kappa shape index (κ1) is 17.9. The van der Waals surface area contributed by atoms with Crippen LogP contribution in [-0.4, -0.2) is 47.8 Å². The Balaban J connectivity index is 4.46. The van der Waals surface area contributed by atoms with E-state index in [-0.39, 0.29) is 18.4 Å². The third kappa shape index (κ3) is 7.85. The minimum absolute atomic E-state index is 0.0121. The van der Waals surface area contributed by atoms with Crippen LogP contribution < -0.4 is 0 Å². The molecule has 0 heterocycles. The lowest BCUT2D eigenvalue weighted by Crippen LogP contribution is -2.43. The molecular weight excluding hydrogens is 240 g/mol. The molecule has 0 aromatic carbocycles. The van der Waals surface area contributed by atoms with Gasteiger partial charge in [0.15, 0.2) is 0 Å². The number of rotatable bonds is 9. The lowest BCUT2D eigenvalue weighted by Gasteiger charge is -2.27. The molecule has 0 unspecified atom stereocenters. The van der Waals surface area contributed by atoms with Gasteiger partial charge in [0.05, 0.1) is 6.54 Å². The van der Waals surface area contributed by atoms with Gasteiger partial charge in [-0.2, -0.15) is 0 Å². The third-order valence-corrected chi connectivity index (χ3v) is 3.09. The van der Waals surface area contributed by atoms with Crippen molar-refractivity contribution < 1.29 is 9.59 Å². The lowest BCUT2D eigenvalue weighted by molar-refractivity contribution is -0.139. The SMILES string of the molecule is CCCN(CCC)C(=O)CN(CCC(C)C)C(C)=O. The van der Waals surface area contributed by atoms with Crippen LogP contribution in [0.5, 0.6) is 0 Å². The number of carbonyl (C=O) groups is 2. The van der Waals surface area contributed by atoms with E-state index in [2.05, 4.69) is 27.7 Å². The second-order valence-corrected chi connectivity index (χ2v) is 5.50. The molecule has 2 amide bonds. The maximum Gasteiger partial charge on any atom is 0.242 e. The van der Waals surface area contributed by atoms with Gasteiger partial charge in [0, 0.05) is 26.6 Å². The summed E-state index contributed by atoms with van der Waals surface area (Å²) in [6.45, 7) is 12.4. The van der Waals surface area contributed by atoms with Gasteiger partial charge in [0.2, 0.25) is 11.8 Å². The van der Waals surface area contributed by atoms with Crippen LogP contribution in [0.2, 0.25) is 0 Å². The van der Waals surface area contributed by atoms with E-state index in [1.165, 1.54) is 6.92 Å². The van der Waals surface area contributed by atoms with E-state index in [1.807, 2.05) is 4.90 Å². The quantitative estimate of drug-likeness (QED) is 0.646. The van der Waals surface area contributed by atoms with E-state index >= 15 is 0 Å². The fourth-order valence-corrected chi connectivity index (χ4v) is 1.93. The van der Waals surface area contributed by atoms with Crippen molar-refractivity contribution in [2.45, 2.75) is 53.9 Å². The summed E-state index contributed by atoms with van der Waals surface area (Å²) in [6.07, 6.45) is 2.85. The Morgan fingerprint density at radius 2 is 1.47 bits per heavy atom. The normalized spacial score (nSPS) is 10.6. The van der Waals surface area contributed by atoms with Crippen LogP contribution in [0.1, 0.15) is 53.9 Å². The lowest BCUT2D eigenvalue weighted by atomic mass is 10.1. The van der Waals surface area contributed by atoms with Gasteiger partial charge in [-0.15, -0.1) is 0 Å². The molecule has 0 N–H and O–H groups in total. The molecule has 0 saturated heterocycles. The van der Waals surface area contributed by atoms with Crippen LogP contribution in [0.4, 0.5) is 0 Å². The minimum atomic E-state index is -0.0121. The Kier molecular flexibility index (Phi) is 9.27. The number of amides is 2. The second-order valence-electron chi connectivity index (χ2n) is 5.50. The van der Waals surface area contributed by atoms with E-state index < -0.39 is 0 Å². The van der Waals surface area contributed by atoms with E-state index in [0.717, 1.165) is 32.4 Å². The summed E-state index contributed by atoms with van der Waals surface area (Å²) in [6, 6.07) is 0. The molecule has 0 aromatic rings. The Morgan fingerprint density at radius 3 is 1.84 bits per heavy atom. The topological polar surface area (TPSA) is 40.6 Å². The van der Waals surface area contributed by atoms with E-state index in [4.69, 9.17) is 0 Å². The number of carbonyl (C=O) groups excluding carboxylic acids is 2. The molecule has 0 radical (unpaired) electrons. The van der Waals surface area contributed by atoms with Crippen molar-refractivity contribution in [1.29, 1.82) is 0 Å². The third-order valence-electron chi connectivity index (χ3n) is 3.09. The highest BCUT2D eigenvalue weighted by Crippen LogP contribution is 2.04. The van der Waals surface area contributed by atoms with Crippen molar-refractivity contribution in [2.24, 2.45) is 5.92 Å². The zero-order valence-electron chi connectivity index (χ0n) is 13.2. The molecule has 4 nitrogen and oxygen atoms in total. The molecule has 0 bridgehead atoms. The maximum absolute atomic E-state index is 12.2. The molecule has 0 rings (SSSR count). The standard InChI is InChI=1S/C15H30N2O2/c1-6-9-16(10-7-2)15(19)12-17(14(5)18)11-8-13(3)4/h13H,6-12H2,1-5H3. The predicted octanol–water partition coefficient (Wildman–Crippen LogP) is 2.53. The van der Waals surface area contributed by atoms with Crippen LogP contribution in [-0.2, 0) is 9.59 Å². The molecule has 0 fully saturated rings. The molecule has 0 saturated carbocycles. The van der Waals surface area contributed by atoms with E-state index in [9.17, 15) is 9.59 Å². The Morgan fingerprint density at radius 1 is 0.947 bits per heavy atom. The van der Waals surface area contributed by atoms with Crippen LogP contribution in [0, 0.1) is 5.92 Å². The second kappa shape index (κ2) is 9.82. The first-order valence-corrected chi connectivity index (χ1v) is 7.45. The number of hydrogen-bond donors (Lipinski definition) is 0. The van der Waals surface area contributed by atoms with Crippen LogP contribution in [0.15, 0.2) is 0 Å². The van der Waals surface area contributed by atoms with Gasteiger partial charge < -0.3 is 9.80 Å². The van der Waals surface area contributed by atoms with Crippen LogP contribution in [0.3, 0.4) is 0 Å². The highest BCUT2D eigenvalue weighted by Gasteiger charge is 2.18. The van der Waals surface area contributed by atoms with Gasteiger partial charge in [-0.3, -0.25) is 9.59 Å². The van der Waals surface area contributed by atoms with Crippen molar-refractivity contribution in [3.05, 3.63) is 0 Å². The van der Waals surface area contributed by atoms with Gasteiger partial charge >= 0.3 is 0 Å². The zero-order valence-corrected chi connectivity index (χ0v) is 13.2. The fourth-order valence-electron chi connectivity index (χ4n) is 1.93. The van der Waals surface area contributed by atoms with Gasteiger partial charge in [-0.25, -0.2) is 0 Å². The van der Waals surface area contributed by atoms with Crippen LogP contribution in [0.25, 0.3) is 0 Å². The van der Waals surface area contributed by atoms with Gasteiger partial charge in [-0.1, -0.05) is 27.7 Å². The highest BCUT2D eigenvalue weighted by molar-refractivity contribution is 5.83. The summed E-state index contributed by atoms with van der Waals surface area (Å²) in [4.78, 5) is 27.3. The molecule has 4 heteroatoms.